The van der Waals surface area contributed by atoms with Crippen molar-refractivity contribution in [2.75, 3.05) is 5.32 Å². The average Bonchev–Trinajstić information content (AvgIpc) is 3.18. The van der Waals surface area contributed by atoms with E-state index in [4.69, 9.17) is 16.7 Å². The Labute approximate surface area is 167 Å². The Morgan fingerprint density at radius 3 is 2.57 bits per heavy atom. The molecule has 0 fully saturated rings. The van der Waals surface area contributed by atoms with E-state index in [0.29, 0.717) is 17.1 Å². The van der Waals surface area contributed by atoms with Crippen molar-refractivity contribution < 1.29 is 0 Å². The van der Waals surface area contributed by atoms with E-state index in [9.17, 15) is 5.26 Å². The minimum absolute atomic E-state index is 0.508. The van der Waals surface area contributed by atoms with Crippen LogP contribution in [0.3, 0.4) is 0 Å². The molecular weight excluding hydrogens is 370 g/mol. The number of hydrogen-bond acceptors (Lipinski definition) is 4. The Balaban J connectivity index is 1.70. The first-order valence-corrected chi connectivity index (χ1v) is 9.10. The molecule has 0 saturated heterocycles. The van der Waals surface area contributed by atoms with Gasteiger partial charge in [-0.1, -0.05) is 29.8 Å². The third kappa shape index (κ3) is 3.73. The van der Waals surface area contributed by atoms with Gasteiger partial charge < -0.3 is 5.32 Å². The number of benzene rings is 2. The van der Waals surface area contributed by atoms with Crippen LogP contribution in [-0.2, 0) is 6.54 Å². The monoisotopic (exact) mass is 385 g/mol. The summed E-state index contributed by atoms with van der Waals surface area (Å²) in [5.41, 5.74) is 5.08. The first-order chi connectivity index (χ1) is 13.7. The first kappa shape index (κ1) is 17.8. The van der Waals surface area contributed by atoms with Crippen LogP contribution < -0.4 is 5.32 Å². The van der Waals surface area contributed by atoms with Crippen molar-refractivity contribution >= 4 is 17.3 Å². The van der Waals surface area contributed by atoms with E-state index in [-0.39, 0.29) is 0 Å². The van der Waals surface area contributed by atoms with Crippen molar-refractivity contribution in [3.05, 3.63) is 95.4 Å². The second kappa shape index (κ2) is 7.95. The van der Waals surface area contributed by atoms with Crippen LogP contribution in [0.15, 0.2) is 79.3 Å². The van der Waals surface area contributed by atoms with E-state index in [0.717, 1.165) is 28.2 Å². The zero-order valence-corrected chi connectivity index (χ0v) is 15.6. The minimum atomic E-state index is 0.508. The molecule has 2 aromatic heterocycles. The van der Waals surface area contributed by atoms with Gasteiger partial charge in [-0.3, -0.25) is 4.98 Å². The molecule has 0 amide bonds. The molecule has 0 bridgehead atoms. The van der Waals surface area contributed by atoms with Gasteiger partial charge in [-0.25, -0.2) is 4.68 Å². The van der Waals surface area contributed by atoms with Crippen molar-refractivity contribution in [2.45, 2.75) is 6.54 Å². The Bertz CT molecular complexity index is 1130. The molecule has 1 N–H and O–H groups in total. The highest BCUT2D eigenvalue weighted by Gasteiger charge is 2.13. The van der Waals surface area contributed by atoms with Gasteiger partial charge in [0.15, 0.2) is 0 Å². The Morgan fingerprint density at radius 2 is 1.82 bits per heavy atom. The van der Waals surface area contributed by atoms with Crippen molar-refractivity contribution in [3.8, 4) is 23.0 Å². The van der Waals surface area contributed by atoms with Gasteiger partial charge in [0.05, 0.1) is 22.6 Å². The van der Waals surface area contributed by atoms with Crippen molar-refractivity contribution in [3.63, 3.8) is 0 Å². The number of pyridine rings is 1. The number of aromatic nitrogens is 3. The average molecular weight is 386 g/mol. The number of anilines is 1. The second-order valence-electron chi connectivity index (χ2n) is 6.17. The molecule has 0 spiro atoms. The van der Waals surface area contributed by atoms with Crippen LogP contribution in [0.1, 0.15) is 11.1 Å². The van der Waals surface area contributed by atoms with Crippen LogP contribution in [0.5, 0.6) is 0 Å². The zero-order valence-electron chi connectivity index (χ0n) is 14.9. The molecule has 0 atom stereocenters. The third-order valence-electron chi connectivity index (χ3n) is 4.34. The third-order valence-corrected chi connectivity index (χ3v) is 4.57. The molecular formula is C22H16ClN5. The lowest BCUT2D eigenvalue weighted by Crippen LogP contribution is -2.02. The fourth-order valence-electron chi connectivity index (χ4n) is 2.96. The van der Waals surface area contributed by atoms with Crippen LogP contribution in [-0.4, -0.2) is 14.8 Å². The number of rotatable bonds is 5. The fourth-order valence-corrected chi connectivity index (χ4v) is 3.13. The van der Waals surface area contributed by atoms with Gasteiger partial charge in [-0.2, -0.15) is 10.4 Å². The summed E-state index contributed by atoms with van der Waals surface area (Å²) in [7, 11) is 0. The number of halogens is 1. The van der Waals surface area contributed by atoms with E-state index in [1.165, 1.54) is 0 Å². The molecule has 0 aliphatic carbocycles. The molecule has 0 unspecified atom stereocenters. The summed E-state index contributed by atoms with van der Waals surface area (Å²) in [6.07, 6.45) is 5.50. The Morgan fingerprint density at radius 1 is 1.04 bits per heavy atom. The first-order valence-electron chi connectivity index (χ1n) is 8.72. The van der Waals surface area contributed by atoms with Gasteiger partial charge in [0.1, 0.15) is 6.07 Å². The Kier molecular flexibility index (Phi) is 5.05. The highest BCUT2D eigenvalue weighted by atomic mass is 35.5. The lowest BCUT2D eigenvalue weighted by atomic mass is 10.1. The van der Waals surface area contributed by atoms with Gasteiger partial charge in [-0.05, 0) is 42.5 Å². The number of hydrogen-bond donors (Lipinski definition) is 1. The Hall–Kier alpha value is -3.62. The second-order valence-corrected chi connectivity index (χ2v) is 6.61. The summed E-state index contributed by atoms with van der Waals surface area (Å²) in [5, 5.41) is 18.0. The summed E-state index contributed by atoms with van der Waals surface area (Å²) in [6.45, 7) is 0.515. The van der Waals surface area contributed by atoms with Crippen molar-refractivity contribution in [1.29, 1.82) is 5.26 Å². The van der Waals surface area contributed by atoms with E-state index < -0.39 is 0 Å². The smallest absolute Gasteiger partial charge is 0.101 e. The highest BCUT2D eigenvalue weighted by Crippen LogP contribution is 2.26. The van der Waals surface area contributed by atoms with Gasteiger partial charge in [0, 0.05) is 41.3 Å². The summed E-state index contributed by atoms with van der Waals surface area (Å²) >= 11 is 5.99. The standard InChI is InChI=1S/C22H16ClN5/c23-19-6-7-21(17(12-19)13-24)26-14-18-15-28(20-4-2-1-3-5-20)27-22(18)16-8-10-25-11-9-16/h1-12,15,26H,14H2. The fraction of sp³-hybridized carbons (Fsp3) is 0.0455. The van der Waals surface area contributed by atoms with E-state index >= 15 is 0 Å². The van der Waals surface area contributed by atoms with E-state index in [1.54, 1.807) is 24.5 Å². The SMILES string of the molecule is N#Cc1cc(Cl)ccc1NCc1cn(-c2ccccc2)nc1-c1ccncc1. The zero-order chi connectivity index (χ0) is 19.3. The van der Waals surface area contributed by atoms with Crippen LogP contribution in [0.4, 0.5) is 5.69 Å². The number of para-hydroxylation sites is 1. The van der Waals surface area contributed by atoms with Crippen molar-refractivity contribution in [1.82, 2.24) is 14.8 Å². The maximum atomic E-state index is 9.35. The lowest BCUT2D eigenvalue weighted by molar-refractivity contribution is 0.883. The van der Waals surface area contributed by atoms with Crippen LogP contribution in [0, 0.1) is 11.3 Å². The summed E-state index contributed by atoms with van der Waals surface area (Å²) < 4.78 is 1.86. The molecule has 0 aliphatic rings. The largest absolute Gasteiger partial charge is 0.380 e. The van der Waals surface area contributed by atoms with Crippen molar-refractivity contribution in [2.24, 2.45) is 0 Å². The highest BCUT2D eigenvalue weighted by molar-refractivity contribution is 6.30. The molecule has 4 rings (SSSR count). The topological polar surface area (TPSA) is 66.5 Å². The molecule has 2 heterocycles. The lowest BCUT2D eigenvalue weighted by Gasteiger charge is -2.08. The van der Waals surface area contributed by atoms with Crippen LogP contribution in [0.25, 0.3) is 16.9 Å². The molecule has 4 aromatic rings. The summed E-state index contributed by atoms with van der Waals surface area (Å²) in [6, 6.07) is 21.2. The normalized spacial score (nSPS) is 10.4. The van der Waals surface area contributed by atoms with Gasteiger partial charge >= 0.3 is 0 Å². The van der Waals surface area contributed by atoms with Crippen LogP contribution in [0.2, 0.25) is 5.02 Å². The number of nitrogens with zero attached hydrogens (tertiary/aromatic N) is 4. The maximum Gasteiger partial charge on any atom is 0.101 e. The molecule has 2 aromatic carbocycles. The number of nitriles is 1. The quantitative estimate of drug-likeness (QED) is 0.520. The molecule has 5 nitrogen and oxygen atoms in total. The molecule has 6 heteroatoms. The molecule has 0 saturated carbocycles. The molecule has 28 heavy (non-hydrogen) atoms. The summed E-state index contributed by atoms with van der Waals surface area (Å²) in [4.78, 5) is 4.09. The predicted octanol–water partition coefficient (Wildman–Crippen LogP) is 5.07. The van der Waals surface area contributed by atoms with Crippen LogP contribution >= 0.6 is 11.6 Å². The minimum Gasteiger partial charge on any atom is -0.380 e. The molecule has 136 valence electrons. The molecule has 0 radical (unpaired) electrons. The maximum absolute atomic E-state index is 9.35. The summed E-state index contributed by atoms with van der Waals surface area (Å²) in [5.74, 6) is 0. The number of nitrogens with one attached hydrogen (secondary N) is 1. The van der Waals surface area contributed by atoms with E-state index in [2.05, 4.69) is 16.4 Å². The van der Waals surface area contributed by atoms with Gasteiger partial charge in [0.2, 0.25) is 0 Å². The predicted molar refractivity (Wildman–Crippen MR) is 110 cm³/mol. The molecule has 0 aliphatic heterocycles. The van der Waals surface area contributed by atoms with E-state index in [1.807, 2.05) is 59.4 Å². The van der Waals surface area contributed by atoms with Gasteiger partial charge in [-0.15, -0.1) is 0 Å². The van der Waals surface area contributed by atoms with Gasteiger partial charge in [0.25, 0.3) is 0 Å².